The van der Waals surface area contributed by atoms with E-state index in [1.807, 2.05) is 52.4 Å². The standard InChI is InChI=1S/C26H27ClN8O2S/c1-16-31-21-6-5-20(12-22(21)32-16)37-23-7-4-17-13-29-26(33-25(17)24(23)27)18-14-30-35(15-18)19-8-10-34(11-9-19)38(3,36)28-2/h4-7,12-15,19H,8-11H2,1-3H3,(H,31,32). The van der Waals surface area contributed by atoms with Gasteiger partial charge in [0.25, 0.3) is 0 Å². The third-order valence-corrected chi connectivity index (χ3v) is 9.30. The van der Waals surface area contributed by atoms with Gasteiger partial charge >= 0.3 is 0 Å². The zero-order valence-electron chi connectivity index (χ0n) is 21.3. The summed E-state index contributed by atoms with van der Waals surface area (Å²) in [5.74, 6) is 2.54. The highest BCUT2D eigenvalue weighted by Crippen LogP contribution is 2.36. The van der Waals surface area contributed by atoms with Gasteiger partial charge in [0.2, 0.25) is 0 Å². The summed E-state index contributed by atoms with van der Waals surface area (Å²) in [7, 11) is -0.680. The number of aromatic nitrogens is 6. The van der Waals surface area contributed by atoms with E-state index in [-0.39, 0.29) is 6.04 Å². The summed E-state index contributed by atoms with van der Waals surface area (Å²) in [5, 5.41) is 5.81. The Hall–Kier alpha value is -3.54. The van der Waals surface area contributed by atoms with Crippen LogP contribution in [0.4, 0.5) is 0 Å². The number of hydrogen-bond donors (Lipinski definition) is 1. The summed E-state index contributed by atoms with van der Waals surface area (Å²) in [6.07, 6.45) is 8.87. The Morgan fingerprint density at radius 2 is 1.97 bits per heavy atom. The fraction of sp³-hybridized carbons (Fsp3) is 0.308. The van der Waals surface area contributed by atoms with Crippen molar-refractivity contribution in [1.82, 2.24) is 34.0 Å². The first-order valence-corrected chi connectivity index (χ1v) is 14.6. The molecule has 1 atom stereocenters. The SMILES string of the molecule is CN=S(C)(=O)N1CCC(n2cc(-c3ncc4ccc(Oc5ccc6nc(C)[nH]c6c5)c(Cl)c4n3)cn2)CC1. The predicted octanol–water partition coefficient (Wildman–Crippen LogP) is 5.40. The van der Waals surface area contributed by atoms with Crippen molar-refractivity contribution in [1.29, 1.82) is 0 Å². The lowest BCUT2D eigenvalue weighted by atomic mass is 10.1. The van der Waals surface area contributed by atoms with Crippen molar-refractivity contribution in [3.63, 3.8) is 0 Å². The van der Waals surface area contributed by atoms with E-state index in [1.54, 1.807) is 25.7 Å². The highest BCUT2D eigenvalue weighted by Gasteiger charge is 2.25. The molecule has 3 aromatic heterocycles. The number of aromatic amines is 1. The van der Waals surface area contributed by atoms with Crippen LogP contribution in [-0.2, 0) is 9.92 Å². The Kier molecular flexibility index (Phi) is 6.29. The number of halogens is 1. The van der Waals surface area contributed by atoms with Gasteiger partial charge in [-0.1, -0.05) is 11.6 Å². The molecule has 2 aromatic carbocycles. The van der Waals surface area contributed by atoms with Gasteiger partial charge in [0.05, 0.1) is 34.4 Å². The molecule has 0 spiro atoms. The first-order chi connectivity index (χ1) is 18.3. The summed E-state index contributed by atoms with van der Waals surface area (Å²) in [5.41, 5.74) is 3.19. The van der Waals surface area contributed by atoms with Crippen LogP contribution in [0.2, 0.25) is 5.02 Å². The molecule has 0 radical (unpaired) electrons. The predicted molar refractivity (Wildman–Crippen MR) is 149 cm³/mol. The van der Waals surface area contributed by atoms with E-state index in [4.69, 9.17) is 21.3 Å². The molecule has 1 N–H and O–H groups in total. The third-order valence-electron chi connectivity index (χ3n) is 6.93. The Labute approximate surface area is 225 Å². The van der Waals surface area contributed by atoms with E-state index in [0.29, 0.717) is 41.0 Å². The average molecular weight is 551 g/mol. The maximum absolute atomic E-state index is 12.6. The largest absolute Gasteiger partial charge is 0.456 e. The second kappa shape index (κ2) is 9.64. The topological polar surface area (TPSA) is 114 Å². The lowest BCUT2D eigenvalue weighted by Crippen LogP contribution is -2.38. The van der Waals surface area contributed by atoms with Gasteiger partial charge in [-0.3, -0.25) is 4.68 Å². The van der Waals surface area contributed by atoms with Gasteiger partial charge in [-0.05, 0) is 44.0 Å². The molecule has 1 aliphatic rings. The Bertz CT molecular complexity index is 1780. The van der Waals surface area contributed by atoms with Crippen LogP contribution in [0.15, 0.2) is 53.3 Å². The number of benzene rings is 2. The zero-order chi connectivity index (χ0) is 26.4. The highest BCUT2D eigenvalue weighted by atomic mass is 35.5. The van der Waals surface area contributed by atoms with Gasteiger partial charge in [0, 0.05) is 50.2 Å². The number of nitrogens with one attached hydrogen (secondary N) is 1. The third kappa shape index (κ3) is 4.61. The van der Waals surface area contributed by atoms with E-state index in [2.05, 4.69) is 24.4 Å². The fourth-order valence-electron chi connectivity index (χ4n) is 4.78. The number of aryl methyl sites for hydroxylation is 1. The number of fused-ring (bicyclic) bond motifs is 2. The molecule has 196 valence electrons. The highest BCUT2D eigenvalue weighted by molar-refractivity contribution is 7.90. The van der Waals surface area contributed by atoms with Crippen LogP contribution >= 0.6 is 11.6 Å². The van der Waals surface area contributed by atoms with Crippen LogP contribution < -0.4 is 4.74 Å². The van der Waals surface area contributed by atoms with Crippen molar-refractivity contribution in [2.45, 2.75) is 25.8 Å². The van der Waals surface area contributed by atoms with E-state index in [0.717, 1.165) is 40.6 Å². The fourth-order valence-corrected chi connectivity index (χ4v) is 6.16. The number of H-pyrrole nitrogens is 1. The summed E-state index contributed by atoms with van der Waals surface area (Å²) in [6, 6.07) is 9.60. The number of ether oxygens (including phenoxy) is 1. The molecule has 1 aliphatic heterocycles. The average Bonchev–Trinajstić information content (AvgIpc) is 3.56. The molecule has 1 fully saturated rings. The van der Waals surface area contributed by atoms with Crippen molar-refractivity contribution in [3.8, 4) is 22.9 Å². The van der Waals surface area contributed by atoms with Gasteiger partial charge in [-0.25, -0.2) is 27.8 Å². The van der Waals surface area contributed by atoms with Crippen molar-refractivity contribution >= 4 is 43.5 Å². The van der Waals surface area contributed by atoms with Crippen LogP contribution in [0.5, 0.6) is 11.5 Å². The van der Waals surface area contributed by atoms with Crippen molar-refractivity contribution in [3.05, 3.63) is 59.8 Å². The molecule has 0 amide bonds. The number of imidazole rings is 1. The first-order valence-electron chi connectivity index (χ1n) is 12.3. The lowest BCUT2D eigenvalue weighted by molar-refractivity contribution is 0.268. The van der Waals surface area contributed by atoms with Crippen molar-refractivity contribution < 1.29 is 8.95 Å². The molecule has 0 saturated carbocycles. The Morgan fingerprint density at radius 3 is 2.76 bits per heavy atom. The van der Waals surface area contributed by atoms with E-state index >= 15 is 0 Å². The molecule has 1 unspecified atom stereocenters. The number of nitrogens with zero attached hydrogens (tertiary/aromatic N) is 7. The summed E-state index contributed by atoms with van der Waals surface area (Å²) in [6.45, 7) is 3.34. The van der Waals surface area contributed by atoms with E-state index in [9.17, 15) is 4.21 Å². The van der Waals surface area contributed by atoms with E-state index in [1.165, 1.54) is 0 Å². The van der Waals surface area contributed by atoms with E-state index < -0.39 is 9.92 Å². The number of hydrogen-bond acceptors (Lipinski definition) is 7. The summed E-state index contributed by atoms with van der Waals surface area (Å²) in [4.78, 5) is 17.0. The zero-order valence-corrected chi connectivity index (χ0v) is 22.8. The smallest absolute Gasteiger partial charge is 0.163 e. The minimum absolute atomic E-state index is 0.215. The molecule has 10 nitrogen and oxygen atoms in total. The quantitative estimate of drug-likeness (QED) is 0.313. The van der Waals surface area contributed by atoms with Crippen molar-refractivity contribution in [2.24, 2.45) is 4.36 Å². The van der Waals surface area contributed by atoms with Crippen LogP contribution in [-0.4, -0.2) is 64.6 Å². The van der Waals surface area contributed by atoms with Gasteiger partial charge in [-0.2, -0.15) is 5.10 Å². The summed E-state index contributed by atoms with van der Waals surface area (Å²) < 4.78 is 26.6. The van der Waals surface area contributed by atoms with Gasteiger partial charge < -0.3 is 9.72 Å². The minimum Gasteiger partial charge on any atom is -0.456 e. The van der Waals surface area contributed by atoms with Gasteiger partial charge in [0.1, 0.15) is 32.3 Å². The molecular weight excluding hydrogens is 524 g/mol. The molecule has 0 aliphatic carbocycles. The van der Waals surface area contributed by atoms with Crippen molar-refractivity contribution in [2.75, 3.05) is 26.4 Å². The Balaban J connectivity index is 1.24. The maximum atomic E-state index is 12.6. The van der Waals surface area contributed by atoms with Crippen LogP contribution in [0, 0.1) is 6.92 Å². The number of piperidine rings is 1. The summed E-state index contributed by atoms with van der Waals surface area (Å²) >= 11 is 6.77. The van der Waals surface area contributed by atoms with Gasteiger partial charge in [0.15, 0.2) is 5.82 Å². The molecule has 4 heterocycles. The van der Waals surface area contributed by atoms with Crippen LogP contribution in [0.25, 0.3) is 33.3 Å². The molecule has 12 heteroatoms. The minimum atomic E-state index is -2.29. The molecule has 0 bridgehead atoms. The molecule has 5 aromatic rings. The van der Waals surface area contributed by atoms with Crippen LogP contribution in [0.1, 0.15) is 24.7 Å². The lowest BCUT2D eigenvalue weighted by Gasteiger charge is -2.32. The molecule has 6 rings (SSSR count). The second-order valence-electron chi connectivity index (χ2n) is 9.43. The van der Waals surface area contributed by atoms with Crippen LogP contribution in [0.3, 0.4) is 0 Å². The normalized spacial score (nSPS) is 16.6. The van der Waals surface area contributed by atoms with Gasteiger partial charge in [-0.15, -0.1) is 0 Å². The number of rotatable bonds is 5. The Morgan fingerprint density at radius 1 is 1.16 bits per heavy atom. The molecule has 38 heavy (non-hydrogen) atoms. The first kappa shape index (κ1) is 24.8. The molecule has 1 saturated heterocycles. The molecular formula is C26H27ClN8O2S. The maximum Gasteiger partial charge on any atom is 0.163 e. The monoisotopic (exact) mass is 550 g/mol. The second-order valence-corrected chi connectivity index (χ2v) is 12.2.